The maximum atomic E-state index is 11.1. The van der Waals surface area contributed by atoms with Crippen molar-refractivity contribution < 1.29 is 4.79 Å². The van der Waals surface area contributed by atoms with Crippen LogP contribution >= 0.6 is 0 Å². The third-order valence-corrected chi connectivity index (χ3v) is 3.21. The summed E-state index contributed by atoms with van der Waals surface area (Å²) in [6, 6.07) is 9.11. The number of pyridine rings is 1. The van der Waals surface area contributed by atoms with E-state index >= 15 is 0 Å². The van der Waals surface area contributed by atoms with Crippen LogP contribution in [-0.4, -0.2) is 24.5 Å². The van der Waals surface area contributed by atoms with Crippen molar-refractivity contribution in [3.63, 3.8) is 0 Å². The van der Waals surface area contributed by atoms with Crippen LogP contribution in [-0.2, 0) is 6.42 Å². The summed E-state index contributed by atoms with van der Waals surface area (Å²) in [4.78, 5) is 17.1. The summed E-state index contributed by atoms with van der Waals surface area (Å²) < 4.78 is 0. The molecule has 1 aromatic heterocycles. The third-order valence-electron chi connectivity index (χ3n) is 3.21. The fraction of sp³-hybridized carbons (Fsp3) is 0.200. The molecular weight excluding hydrogens is 252 g/mol. The van der Waals surface area contributed by atoms with Gasteiger partial charge in [-0.05, 0) is 42.3 Å². The number of primary amides is 1. The molecule has 104 valence electrons. The van der Waals surface area contributed by atoms with Crippen LogP contribution in [0, 0.1) is 0 Å². The van der Waals surface area contributed by atoms with Crippen molar-refractivity contribution in [2.75, 3.05) is 24.2 Å². The second kappa shape index (κ2) is 6.06. The highest BCUT2D eigenvalue weighted by molar-refractivity contribution is 5.94. The molecule has 0 fully saturated rings. The molecule has 0 aliphatic heterocycles. The van der Waals surface area contributed by atoms with Crippen LogP contribution < -0.4 is 16.4 Å². The van der Waals surface area contributed by atoms with Crippen LogP contribution in [0.4, 0.5) is 11.4 Å². The highest BCUT2D eigenvalue weighted by Gasteiger charge is 2.08. The van der Waals surface area contributed by atoms with Crippen LogP contribution in [0.25, 0.3) is 0 Å². The van der Waals surface area contributed by atoms with Crippen LogP contribution in [0.3, 0.4) is 0 Å². The molecule has 2 aromatic rings. The van der Waals surface area contributed by atoms with Gasteiger partial charge in [-0.2, -0.15) is 0 Å². The Labute approximate surface area is 118 Å². The molecule has 5 nitrogen and oxygen atoms in total. The highest BCUT2D eigenvalue weighted by Crippen LogP contribution is 2.23. The Bertz CT molecular complexity index is 598. The van der Waals surface area contributed by atoms with Crippen molar-refractivity contribution >= 4 is 17.3 Å². The van der Waals surface area contributed by atoms with Gasteiger partial charge in [-0.25, -0.2) is 0 Å². The molecule has 1 heterocycles. The van der Waals surface area contributed by atoms with E-state index in [0.717, 1.165) is 18.7 Å². The van der Waals surface area contributed by atoms with Gasteiger partial charge in [0.1, 0.15) is 0 Å². The first-order chi connectivity index (χ1) is 9.58. The van der Waals surface area contributed by atoms with Gasteiger partial charge in [-0.1, -0.05) is 0 Å². The number of hydrogen-bond acceptors (Lipinski definition) is 4. The summed E-state index contributed by atoms with van der Waals surface area (Å²) >= 11 is 0. The lowest BCUT2D eigenvalue weighted by Crippen LogP contribution is -2.22. The van der Waals surface area contributed by atoms with E-state index in [1.807, 2.05) is 25.2 Å². The number of carbonyl (C=O) groups excluding carboxylic acids is 1. The van der Waals surface area contributed by atoms with Gasteiger partial charge < -0.3 is 16.4 Å². The van der Waals surface area contributed by atoms with Gasteiger partial charge in [-0.3, -0.25) is 9.78 Å². The fourth-order valence-corrected chi connectivity index (χ4v) is 2.02. The van der Waals surface area contributed by atoms with E-state index in [1.54, 1.807) is 24.5 Å². The molecule has 5 heteroatoms. The minimum Gasteiger partial charge on any atom is -0.397 e. The van der Waals surface area contributed by atoms with Gasteiger partial charge in [0.05, 0.1) is 11.4 Å². The summed E-state index contributed by atoms with van der Waals surface area (Å²) in [5, 5.41) is 0. The molecule has 0 aliphatic rings. The average molecular weight is 270 g/mol. The van der Waals surface area contributed by atoms with Crippen LogP contribution in [0.5, 0.6) is 0 Å². The molecule has 0 atom stereocenters. The van der Waals surface area contributed by atoms with E-state index in [1.165, 1.54) is 5.56 Å². The second-order valence-corrected chi connectivity index (χ2v) is 4.66. The van der Waals surface area contributed by atoms with E-state index in [4.69, 9.17) is 11.5 Å². The number of anilines is 2. The summed E-state index contributed by atoms with van der Waals surface area (Å²) in [5.41, 5.74) is 14.3. The maximum absolute atomic E-state index is 11.1. The second-order valence-electron chi connectivity index (χ2n) is 4.66. The zero-order valence-electron chi connectivity index (χ0n) is 11.4. The number of nitrogens with two attached hydrogens (primary N) is 2. The molecule has 1 amide bonds. The maximum Gasteiger partial charge on any atom is 0.248 e. The van der Waals surface area contributed by atoms with E-state index in [2.05, 4.69) is 9.88 Å². The van der Waals surface area contributed by atoms with Crippen LogP contribution in [0.1, 0.15) is 15.9 Å². The summed E-state index contributed by atoms with van der Waals surface area (Å²) in [5.74, 6) is -0.470. The molecule has 2 rings (SSSR count). The van der Waals surface area contributed by atoms with Crippen molar-refractivity contribution in [1.82, 2.24) is 4.98 Å². The number of nitrogen functional groups attached to an aromatic ring is 1. The van der Waals surface area contributed by atoms with Crippen molar-refractivity contribution in [1.29, 1.82) is 0 Å². The lowest BCUT2D eigenvalue weighted by atomic mass is 10.1. The minimum absolute atomic E-state index is 0.425. The smallest absolute Gasteiger partial charge is 0.248 e. The van der Waals surface area contributed by atoms with E-state index in [9.17, 15) is 4.79 Å². The van der Waals surface area contributed by atoms with Crippen molar-refractivity contribution in [3.05, 3.63) is 53.9 Å². The molecule has 1 aromatic carbocycles. The fourth-order valence-electron chi connectivity index (χ4n) is 2.02. The molecule has 0 radical (unpaired) electrons. The average Bonchev–Trinajstić information content (AvgIpc) is 2.45. The SMILES string of the molecule is CN(CCc1ccncc1)c1ccc(C(N)=O)cc1N. The Morgan fingerprint density at radius 1 is 1.25 bits per heavy atom. The van der Waals surface area contributed by atoms with E-state index < -0.39 is 5.91 Å². The number of rotatable bonds is 5. The predicted molar refractivity (Wildman–Crippen MR) is 80.6 cm³/mol. The Kier molecular flexibility index (Phi) is 4.20. The largest absolute Gasteiger partial charge is 0.397 e. The monoisotopic (exact) mass is 270 g/mol. The first kappa shape index (κ1) is 13.9. The number of aromatic nitrogens is 1. The number of likely N-dealkylation sites (N-methyl/N-ethyl adjacent to an activating group) is 1. The first-order valence-corrected chi connectivity index (χ1v) is 6.37. The number of amides is 1. The van der Waals surface area contributed by atoms with Crippen LogP contribution in [0.2, 0.25) is 0 Å². The highest BCUT2D eigenvalue weighted by atomic mass is 16.1. The number of benzene rings is 1. The van der Waals surface area contributed by atoms with Gasteiger partial charge in [0.15, 0.2) is 0 Å². The zero-order chi connectivity index (χ0) is 14.5. The van der Waals surface area contributed by atoms with Crippen molar-refractivity contribution in [3.8, 4) is 0 Å². The van der Waals surface area contributed by atoms with Gasteiger partial charge in [0.2, 0.25) is 5.91 Å². The lowest BCUT2D eigenvalue weighted by molar-refractivity contribution is 0.100. The summed E-state index contributed by atoms with van der Waals surface area (Å²) in [6.45, 7) is 0.824. The Morgan fingerprint density at radius 3 is 2.55 bits per heavy atom. The lowest BCUT2D eigenvalue weighted by Gasteiger charge is -2.21. The Balaban J connectivity index is 2.06. The number of nitrogens with zero attached hydrogens (tertiary/aromatic N) is 2. The molecule has 4 N–H and O–H groups in total. The Hall–Kier alpha value is -2.56. The quantitative estimate of drug-likeness (QED) is 0.805. The Morgan fingerprint density at radius 2 is 1.95 bits per heavy atom. The van der Waals surface area contributed by atoms with E-state index in [-0.39, 0.29) is 0 Å². The zero-order valence-corrected chi connectivity index (χ0v) is 11.4. The van der Waals surface area contributed by atoms with Gasteiger partial charge >= 0.3 is 0 Å². The molecule has 0 unspecified atom stereocenters. The van der Waals surface area contributed by atoms with E-state index in [0.29, 0.717) is 11.3 Å². The first-order valence-electron chi connectivity index (χ1n) is 6.37. The molecule has 0 saturated carbocycles. The molecule has 20 heavy (non-hydrogen) atoms. The van der Waals surface area contributed by atoms with Crippen LogP contribution in [0.15, 0.2) is 42.7 Å². The van der Waals surface area contributed by atoms with Crippen molar-refractivity contribution in [2.24, 2.45) is 5.73 Å². The molecular formula is C15H18N4O. The predicted octanol–water partition coefficient (Wildman–Crippen LogP) is 1.44. The normalized spacial score (nSPS) is 10.2. The van der Waals surface area contributed by atoms with Crippen molar-refractivity contribution in [2.45, 2.75) is 6.42 Å². The standard InChI is InChI=1S/C15H18N4O/c1-19(9-6-11-4-7-18-8-5-11)14-3-2-12(15(17)20)10-13(14)16/h2-5,7-8,10H,6,9,16H2,1H3,(H2,17,20). The molecule has 0 bridgehead atoms. The van der Waals surface area contributed by atoms with Gasteiger partial charge in [-0.15, -0.1) is 0 Å². The summed E-state index contributed by atoms with van der Waals surface area (Å²) in [6.07, 6.45) is 4.47. The summed E-state index contributed by atoms with van der Waals surface area (Å²) in [7, 11) is 1.97. The third kappa shape index (κ3) is 3.26. The molecule has 0 saturated heterocycles. The topological polar surface area (TPSA) is 85.2 Å². The van der Waals surface area contributed by atoms with Gasteiger partial charge in [0.25, 0.3) is 0 Å². The number of hydrogen-bond donors (Lipinski definition) is 2. The number of carbonyl (C=O) groups is 1. The van der Waals surface area contributed by atoms with Gasteiger partial charge in [0, 0.05) is 31.5 Å². The minimum atomic E-state index is -0.470. The molecule has 0 spiro atoms. The molecule has 0 aliphatic carbocycles.